The fraction of sp³-hybridized carbons (Fsp3) is 0.455. The van der Waals surface area contributed by atoms with Crippen molar-refractivity contribution in [3.63, 3.8) is 0 Å². The van der Waals surface area contributed by atoms with Crippen molar-refractivity contribution in [1.29, 1.82) is 0 Å². The summed E-state index contributed by atoms with van der Waals surface area (Å²) in [6.45, 7) is 4.12. The predicted molar refractivity (Wildman–Crippen MR) is 65.6 cm³/mol. The van der Waals surface area contributed by atoms with Gasteiger partial charge in [-0.25, -0.2) is 13.2 Å². The van der Waals surface area contributed by atoms with Gasteiger partial charge < -0.3 is 14.8 Å². The average Bonchev–Trinajstić information content (AvgIpc) is 2.75. The van der Waals surface area contributed by atoms with Gasteiger partial charge in [0.15, 0.2) is 0 Å². The summed E-state index contributed by atoms with van der Waals surface area (Å²) >= 11 is 0. The Labute approximate surface area is 110 Å². The second-order valence-electron chi connectivity index (χ2n) is 4.38. The first-order valence-electron chi connectivity index (χ1n) is 5.55. The number of hydrogen-bond donors (Lipinski definition) is 2. The van der Waals surface area contributed by atoms with E-state index in [0.717, 1.165) is 12.1 Å². The summed E-state index contributed by atoms with van der Waals surface area (Å²) in [5, 5.41) is 10.6. The van der Waals surface area contributed by atoms with Crippen LogP contribution >= 0.6 is 0 Å². The Balaban J connectivity index is 2.75. The van der Waals surface area contributed by atoms with Gasteiger partial charge in [0.25, 0.3) is 0 Å². The van der Waals surface area contributed by atoms with E-state index in [1.807, 2.05) is 13.8 Å². The molecule has 0 spiro atoms. The molecular weight excluding hydrogens is 274 g/mol. The van der Waals surface area contributed by atoms with Gasteiger partial charge in [-0.05, 0) is 18.1 Å². The summed E-state index contributed by atoms with van der Waals surface area (Å²) in [6.07, 6.45) is 0. The number of hydrogen-bond acceptors (Lipinski definition) is 5. The van der Waals surface area contributed by atoms with Crippen LogP contribution in [0, 0.1) is 5.92 Å². The molecule has 0 atom stereocenters. The second kappa shape index (κ2) is 5.87. The van der Waals surface area contributed by atoms with E-state index in [0.29, 0.717) is 6.54 Å². The number of nitrogens with one attached hydrogen (secondary N) is 1. The third-order valence-corrected chi connectivity index (χ3v) is 3.60. The molecule has 7 nitrogen and oxygen atoms in total. The van der Waals surface area contributed by atoms with Crippen LogP contribution < -0.4 is 5.32 Å². The molecular formula is C11H15NO6S. The van der Waals surface area contributed by atoms with Crippen LogP contribution in [0.4, 0.5) is 0 Å². The van der Waals surface area contributed by atoms with Crippen LogP contribution in [0.2, 0.25) is 0 Å². The van der Waals surface area contributed by atoms with Gasteiger partial charge in [0.05, 0.1) is 0 Å². The Morgan fingerprint density at radius 2 is 2.00 bits per heavy atom. The normalized spacial score (nSPS) is 11.5. The first-order valence-corrected chi connectivity index (χ1v) is 7.20. The highest BCUT2D eigenvalue weighted by molar-refractivity contribution is 7.92. The average molecular weight is 289 g/mol. The Kier molecular flexibility index (Phi) is 4.71. The minimum absolute atomic E-state index is 0.203. The summed E-state index contributed by atoms with van der Waals surface area (Å²) in [4.78, 5) is 22.0. The number of carboxylic acids is 1. The molecule has 1 amide bonds. The molecule has 0 unspecified atom stereocenters. The first-order chi connectivity index (χ1) is 8.72. The number of carboxylic acid groups (broad SMARTS) is 1. The predicted octanol–water partition coefficient (Wildman–Crippen LogP) is 0.524. The van der Waals surface area contributed by atoms with E-state index in [2.05, 4.69) is 9.73 Å². The lowest BCUT2D eigenvalue weighted by Gasteiger charge is -2.07. The molecule has 19 heavy (non-hydrogen) atoms. The monoisotopic (exact) mass is 289 g/mol. The van der Waals surface area contributed by atoms with Gasteiger partial charge in [-0.1, -0.05) is 13.8 Å². The first kappa shape index (κ1) is 15.2. The minimum Gasteiger partial charge on any atom is -0.475 e. The number of rotatable bonds is 6. The van der Waals surface area contributed by atoms with Crippen molar-refractivity contribution in [2.24, 2.45) is 5.92 Å². The Bertz CT molecular complexity index is 572. The van der Waals surface area contributed by atoms with Crippen LogP contribution in [0.25, 0.3) is 0 Å². The third-order valence-electron chi connectivity index (χ3n) is 2.13. The maximum absolute atomic E-state index is 11.8. The van der Waals surface area contributed by atoms with E-state index in [4.69, 9.17) is 5.11 Å². The lowest BCUT2D eigenvalue weighted by molar-refractivity contribution is -0.118. The van der Waals surface area contributed by atoms with Crippen LogP contribution in [0.1, 0.15) is 24.4 Å². The van der Waals surface area contributed by atoms with E-state index in [1.165, 1.54) is 0 Å². The van der Waals surface area contributed by atoms with Crippen molar-refractivity contribution in [2.75, 3.05) is 12.3 Å². The zero-order chi connectivity index (χ0) is 14.6. The molecule has 8 heteroatoms. The quantitative estimate of drug-likeness (QED) is 0.789. The van der Waals surface area contributed by atoms with Crippen LogP contribution in [0.3, 0.4) is 0 Å². The fourth-order valence-corrected chi connectivity index (χ4v) is 2.30. The van der Waals surface area contributed by atoms with Gasteiger partial charge in [0, 0.05) is 6.54 Å². The molecule has 1 aromatic heterocycles. The van der Waals surface area contributed by atoms with E-state index in [9.17, 15) is 18.0 Å². The number of amides is 1. The largest absolute Gasteiger partial charge is 0.475 e. The number of sulfone groups is 1. The van der Waals surface area contributed by atoms with E-state index >= 15 is 0 Å². The molecule has 0 aliphatic heterocycles. The SMILES string of the molecule is CC(C)CNC(=O)CS(=O)(=O)c1ccc(C(=O)O)o1. The van der Waals surface area contributed by atoms with Crippen molar-refractivity contribution >= 4 is 21.7 Å². The van der Waals surface area contributed by atoms with Crippen LogP contribution in [0.15, 0.2) is 21.6 Å². The lowest BCUT2D eigenvalue weighted by Crippen LogP contribution is -2.32. The van der Waals surface area contributed by atoms with Crippen molar-refractivity contribution in [3.8, 4) is 0 Å². The number of carbonyl (C=O) groups excluding carboxylic acids is 1. The highest BCUT2D eigenvalue weighted by atomic mass is 32.2. The molecule has 0 aliphatic rings. The van der Waals surface area contributed by atoms with Crippen molar-refractivity contribution < 1.29 is 27.5 Å². The van der Waals surface area contributed by atoms with Gasteiger partial charge >= 0.3 is 5.97 Å². The summed E-state index contributed by atoms with van der Waals surface area (Å²) in [5.41, 5.74) is 0. The molecule has 106 valence electrons. The number of carbonyl (C=O) groups is 2. The fourth-order valence-electron chi connectivity index (χ4n) is 1.21. The zero-order valence-electron chi connectivity index (χ0n) is 10.5. The molecule has 2 N–H and O–H groups in total. The maximum Gasteiger partial charge on any atom is 0.371 e. The summed E-state index contributed by atoms with van der Waals surface area (Å²) in [7, 11) is -3.96. The minimum atomic E-state index is -3.96. The molecule has 1 aromatic rings. The van der Waals surface area contributed by atoms with Crippen LogP contribution in [0.5, 0.6) is 0 Å². The molecule has 0 aromatic carbocycles. The van der Waals surface area contributed by atoms with Crippen molar-refractivity contribution in [2.45, 2.75) is 18.9 Å². The van der Waals surface area contributed by atoms with Gasteiger partial charge in [0.1, 0.15) is 5.75 Å². The van der Waals surface area contributed by atoms with Gasteiger partial charge in [-0.2, -0.15) is 0 Å². The molecule has 0 fully saturated rings. The molecule has 1 heterocycles. The molecule has 0 bridgehead atoms. The Morgan fingerprint density at radius 3 is 2.47 bits per heavy atom. The molecule has 0 radical (unpaired) electrons. The molecule has 0 saturated heterocycles. The topological polar surface area (TPSA) is 114 Å². The maximum atomic E-state index is 11.8. The van der Waals surface area contributed by atoms with Crippen LogP contribution in [-0.2, 0) is 14.6 Å². The van der Waals surface area contributed by atoms with Crippen molar-refractivity contribution in [1.82, 2.24) is 5.32 Å². The summed E-state index contributed by atoms with van der Waals surface area (Å²) in [5.74, 6) is -3.07. The Hall–Kier alpha value is -1.83. The van der Waals surface area contributed by atoms with E-state index in [-0.39, 0.29) is 5.92 Å². The Morgan fingerprint density at radius 1 is 1.37 bits per heavy atom. The van der Waals surface area contributed by atoms with Gasteiger partial charge in [-0.3, -0.25) is 4.79 Å². The lowest BCUT2D eigenvalue weighted by atomic mass is 10.2. The second-order valence-corrected chi connectivity index (χ2v) is 6.30. The third kappa shape index (κ3) is 4.40. The molecule has 0 aliphatic carbocycles. The van der Waals surface area contributed by atoms with E-state index in [1.54, 1.807) is 0 Å². The number of furan rings is 1. The smallest absolute Gasteiger partial charge is 0.371 e. The van der Waals surface area contributed by atoms with Crippen LogP contribution in [-0.4, -0.2) is 37.7 Å². The zero-order valence-corrected chi connectivity index (χ0v) is 11.4. The molecule has 0 saturated carbocycles. The highest BCUT2D eigenvalue weighted by Gasteiger charge is 2.24. The standard InChI is InChI=1S/C11H15NO6S/c1-7(2)5-12-9(13)6-19(16,17)10-4-3-8(18-10)11(14)15/h3-4,7H,5-6H2,1-2H3,(H,12,13)(H,14,15). The number of aromatic carboxylic acids is 1. The van der Waals surface area contributed by atoms with Crippen molar-refractivity contribution in [3.05, 3.63) is 17.9 Å². The van der Waals surface area contributed by atoms with Gasteiger partial charge in [-0.15, -0.1) is 0 Å². The highest BCUT2D eigenvalue weighted by Crippen LogP contribution is 2.15. The summed E-state index contributed by atoms with van der Waals surface area (Å²) < 4.78 is 28.2. The molecule has 1 rings (SSSR count). The van der Waals surface area contributed by atoms with Gasteiger partial charge in [0.2, 0.25) is 26.6 Å². The summed E-state index contributed by atoms with van der Waals surface area (Å²) in [6, 6.07) is 2.05. The van der Waals surface area contributed by atoms with E-state index < -0.39 is 38.3 Å².